The van der Waals surface area contributed by atoms with Crippen molar-refractivity contribution in [3.63, 3.8) is 0 Å². The van der Waals surface area contributed by atoms with E-state index in [0.717, 1.165) is 24.2 Å². The molecule has 2 aromatic rings. The van der Waals surface area contributed by atoms with Crippen LogP contribution in [-0.4, -0.2) is 26.7 Å². The van der Waals surface area contributed by atoms with Gasteiger partial charge in [0.1, 0.15) is 5.75 Å². The highest BCUT2D eigenvalue weighted by atomic mass is 16.5. The number of hydrogen-bond acceptors (Lipinski definition) is 4. The molecule has 0 unspecified atom stereocenters. The van der Waals surface area contributed by atoms with Crippen LogP contribution in [0, 0.1) is 13.8 Å². The summed E-state index contributed by atoms with van der Waals surface area (Å²) in [5, 5.41) is 4.27. The molecule has 0 aliphatic heterocycles. The van der Waals surface area contributed by atoms with E-state index in [2.05, 4.69) is 28.3 Å². The maximum atomic E-state index is 11.2. The molecule has 0 amide bonds. The smallest absolute Gasteiger partial charge is 0.308 e. The molecule has 0 bridgehead atoms. The zero-order valence-corrected chi connectivity index (χ0v) is 14.9. The number of esters is 1. The molecule has 0 radical (unpaired) electrons. The molecular weight excluding hydrogens is 302 g/mol. The minimum atomic E-state index is -0.273. The van der Waals surface area contributed by atoms with Crippen LogP contribution in [0.4, 0.5) is 0 Å². The lowest BCUT2D eigenvalue weighted by Gasteiger charge is -2.22. The first-order chi connectivity index (χ1) is 11.4. The van der Waals surface area contributed by atoms with Crippen molar-refractivity contribution in [2.24, 2.45) is 7.05 Å². The number of nitrogens with zero attached hydrogens (tertiary/aromatic N) is 3. The average molecular weight is 327 g/mol. The lowest BCUT2D eigenvalue weighted by Crippen LogP contribution is -2.25. The first-order valence-electron chi connectivity index (χ1n) is 8.42. The third kappa shape index (κ3) is 4.03. The minimum absolute atomic E-state index is 0.273. The Morgan fingerprint density at radius 2 is 1.88 bits per heavy atom. The maximum absolute atomic E-state index is 11.2. The molecule has 24 heavy (non-hydrogen) atoms. The van der Waals surface area contributed by atoms with Crippen molar-refractivity contribution in [2.75, 3.05) is 0 Å². The lowest BCUT2D eigenvalue weighted by molar-refractivity contribution is -0.131. The van der Waals surface area contributed by atoms with Crippen LogP contribution < -0.4 is 4.74 Å². The van der Waals surface area contributed by atoms with Crippen LogP contribution in [0.15, 0.2) is 24.5 Å². The van der Waals surface area contributed by atoms with Crippen molar-refractivity contribution in [3.05, 3.63) is 46.8 Å². The Hall–Kier alpha value is -2.14. The molecule has 1 heterocycles. The van der Waals surface area contributed by atoms with Crippen molar-refractivity contribution >= 4 is 5.97 Å². The molecular formula is C19H25N3O2. The van der Waals surface area contributed by atoms with Gasteiger partial charge in [0.05, 0.1) is 6.20 Å². The van der Waals surface area contributed by atoms with E-state index >= 15 is 0 Å². The highest BCUT2D eigenvalue weighted by Gasteiger charge is 2.29. The number of aromatic nitrogens is 2. The first-order valence-corrected chi connectivity index (χ1v) is 8.42. The minimum Gasteiger partial charge on any atom is -0.426 e. The zero-order valence-electron chi connectivity index (χ0n) is 14.9. The van der Waals surface area contributed by atoms with Gasteiger partial charge in [0.2, 0.25) is 0 Å². The Kier molecular flexibility index (Phi) is 4.71. The van der Waals surface area contributed by atoms with Gasteiger partial charge in [-0.2, -0.15) is 5.10 Å². The van der Waals surface area contributed by atoms with Crippen LogP contribution in [0.2, 0.25) is 0 Å². The summed E-state index contributed by atoms with van der Waals surface area (Å²) in [4.78, 5) is 13.8. The summed E-state index contributed by atoms with van der Waals surface area (Å²) < 4.78 is 7.18. The second kappa shape index (κ2) is 6.77. The number of ether oxygens (including phenoxy) is 1. The van der Waals surface area contributed by atoms with E-state index in [-0.39, 0.29) is 5.97 Å². The van der Waals surface area contributed by atoms with Crippen LogP contribution in [0.5, 0.6) is 5.75 Å². The number of aryl methyl sites for hydroxylation is 3. The summed E-state index contributed by atoms with van der Waals surface area (Å²) in [6.45, 7) is 7.26. The summed E-state index contributed by atoms with van der Waals surface area (Å²) in [6, 6.07) is 4.92. The van der Waals surface area contributed by atoms with Crippen LogP contribution in [0.25, 0.3) is 0 Å². The number of benzene rings is 1. The van der Waals surface area contributed by atoms with Gasteiger partial charge in [0.15, 0.2) is 0 Å². The van der Waals surface area contributed by atoms with Crippen LogP contribution in [-0.2, 0) is 24.9 Å². The largest absolute Gasteiger partial charge is 0.426 e. The third-order valence-corrected chi connectivity index (χ3v) is 4.36. The lowest BCUT2D eigenvalue weighted by atomic mass is 10.0. The van der Waals surface area contributed by atoms with Gasteiger partial charge < -0.3 is 4.74 Å². The topological polar surface area (TPSA) is 47.4 Å². The van der Waals surface area contributed by atoms with Gasteiger partial charge in [-0.15, -0.1) is 0 Å². The van der Waals surface area contributed by atoms with Gasteiger partial charge in [0, 0.05) is 44.9 Å². The quantitative estimate of drug-likeness (QED) is 0.604. The Bertz CT molecular complexity index is 724. The molecule has 1 aromatic heterocycles. The van der Waals surface area contributed by atoms with E-state index in [0.29, 0.717) is 11.8 Å². The van der Waals surface area contributed by atoms with E-state index in [1.54, 1.807) is 0 Å². The van der Waals surface area contributed by atoms with Gasteiger partial charge in [-0.3, -0.25) is 14.4 Å². The zero-order chi connectivity index (χ0) is 17.3. The summed E-state index contributed by atoms with van der Waals surface area (Å²) >= 11 is 0. The number of rotatable bonds is 6. The molecule has 1 aliphatic carbocycles. The third-order valence-electron chi connectivity index (χ3n) is 4.36. The number of hydrogen-bond donors (Lipinski definition) is 0. The number of carbonyl (C=O) groups is 1. The second-order valence-electron chi connectivity index (χ2n) is 6.81. The standard InChI is InChI=1S/C19H25N3O2/c1-13-7-16(8-14(2)19(13)24-15(3)23)11-22(18-5-6-18)12-17-9-20-21(4)10-17/h7-10,18H,5-6,11-12H2,1-4H3. The van der Waals surface area contributed by atoms with Crippen LogP contribution in [0.3, 0.4) is 0 Å². The molecule has 128 valence electrons. The predicted octanol–water partition coefficient (Wildman–Crippen LogP) is 3.13. The fourth-order valence-corrected chi connectivity index (χ4v) is 3.21. The van der Waals surface area contributed by atoms with Crippen molar-refractivity contribution in [2.45, 2.75) is 52.7 Å². The molecule has 5 nitrogen and oxygen atoms in total. The molecule has 0 saturated heterocycles. The Labute approximate surface area is 143 Å². The van der Waals surface area contributed by atoms with Gasteiger partial charge in [-0.25, -0.2) is 0 Å². The molecule has 1 aromatic carbocycles. The van der Waals surface area contributed by atoms with Gasteiger partial charge in [-0.1, -0.05) is 12.1 Å². The van der Waals surface area contributed by atoms with Crippen LogP contribution >= 0.6 is 0 Å². The number of carbonyl (C=O) groups excluding carboxylic acids is 1. The summed E-state index contributed by atoms with van der Waals surface area (Å²) in [5.74, 6) is 0.418. The predicted molar refractivity (Wildman–Crippen MR) is 92.7 cm³/mol. The Morgan fingerprint density at radius 3 is 2.38 bits per heavy atom. The van der Waals surface area contributed by atoms with E-state index < -0.39 is 0 Å². The van der Waals surface area contributed by atoms with E-state index in [1.165, 1.54) is 30.9 Å². The molecule has 1 fully saturated rings. The Morgan fingerprint density at radius 1 is 1.25 bits per heavy atom. The van der Waals surface area contributed by atoms with Crippen LogP contribution in [0.1, 0.15) is 42.0 Å². The van der Waals surface area contributed by atoms with Crippen molar-refractivity contribution < 1.29 is 9.53 Å². The van der Waals surface area contributed by atoms with E-state index in [1.807, 2.05) is 31.8 Å². The molecule has 0 spiro atoms. The molecule has 0 N–H and O–H groups in total. The molecule has 1 aliphatic rings. The SMILES string of the molecule is CC(=O)Oc1c(C)cc(CN(Cc2cnn(C)c2)C2CC2)cc1C. The van der Waals surface area contributed by atoms with E-state index in [4.69, 9.17) is 4.74 Å². The fourth-order valence-electron chi connectivity index (χ4n) is 3.21. The summed E-state index contributed by atoms with van der Waals surface area (Å²) in [6.07, 6.45) is 6.55. The van der Waals surface area contributed by atoms with Gasteiger partial charge in [-0.05, 0) is 43.4 Å². The first kappa shape index (κ1) is 16.7. The van der Waals surface area contributed by atoms with Crippen molar-refractivity contribution in [1.82, 2.24) is 14.7 Å². The van der Waals surface area contributed by atoms with Crippen molar-refractivity contribution in [3.8, 4) is 5.75 Å². The van der Waals surface area contributed by atoms with Gasteiger partial charge in [0.25, 0.3) is 0 Å². The Balaban J connectivity index is 1.76. The second-order valence-corrected chi connectivity index (χ2v) is 6.81. The molecule has 5 heteroatoms. The normalized spacial score (nSPS) is 14.2. The maximum Gasteiger partial charge on any atom is 0.308 e. The summed E-state index contributed by atoms with van der Waals surface area (Å²) in [7, 11) is 1.95. The highest BCUT2D eigenvalue weighted by Crippen LogP contribution is 2.31. The molecule has 0 atom stereocenters. The molecule has 1 saturated carbocycles. The highest BCUT2D eigenvalue weighted by molar-refractivity contribution is 5.70. The average Bonchev–Trinajstić information content (AvgIpc) is 3.26. The molecule has 3 rings (SSSR count). The summed E-state index contributed by atoms with van der Waals surface area (Å²) in [5.41, 5.74) is 4.53. The fraction of sp³-hybridized carbons (Fsp3) is 0.474. The van der Waals surface area contributed by atoms with Crippen molar-refractivity contribution in [1.29, 1.82) is 0 Å². The van der Waals surface area contributed by atoms with E-state index in [9.17, 15) is 4.79 Å². The van der Waals surface area contributed by atoms with Gasteiger partial charge >= 0.3 is 5.97 Å². The monoisotopic (exact) mass is 327 g/mol.